The van der Waals surface area contributed by atoms with Crippen LogP contribution in [-0.4, -0.2) is 45.0 Å². The number of nitrogens with zero attached hydrogens (tertiary/aromatic N) is 1. The van der Waals surface area contributed by atoms with Crippen molar-refractivity contribution in [2.45, 2.75) is 32.6 Å². The van der Waals surface area contributed by atoms with Crippen LogP contribution >= 0.6 is 0 Å². The Hall–Kier alpha value is -2.33. The molecule has 0 saturated carbocycles. The van der Waals surface area contributed by atoms with Crippen molar-refractivity contribution >= 4 is 5.78 Å². The monoisotopic (exact) mass is 381 g/mol. The topological polar surface area (TPSA) is 38.8 Å². The molecule has 0 spiro atoms. The number of rotatable bonds is 9. The summed E-state index contributed by atoms with van der Waals surface area (Å²) in [6.07, 6.45) is 3.86. The van der Waals surface area contributed by atoms with Gasteiger partial charge in [-0.15, -0.1) is 0 Å². The third-order valence-corrected chi connectivity index (χ3v) is 5.78. The predicted molar refractivity (Wildman–Crippen MR) is 113 cm³/mol. The lowest BCUT2D eigenvalue weighted by molar-refractivity contribution is 0.0927. The molecule has 4 heteroatoms. The van der Waals surface area contributed by atoms with Crippen LogP contribution in [0.4, 0.5) is 0 Å². The fraction of sp³-hybridized carbons (Fsp3) is 0.458. The molecule has 0 radical (unpaired) electrons. The van der Waals surface area contributed by atoms with E-state index in [2.05, 4.69) is 37.1 Å². The van der Waals surface area contributed by atoms with Crippen LogP contribution in [0.3, 0.4) is 0 Å². The van der Waals surface area contributed by atoms with E-state index >= 15 is 0 Å². The van der Waals surface area contributed by atoms with Gasteiger partial charge in [0.15, 0.2) is 5.78 Å². The van der Waals surface area contributed by atoms with E-state index in [1.54, 1.807) is 14.2 Å². The minimum atomic E-state index is 0.159. The van der Waals surface area contributed by atoms with Gasteiger partial charge in [0.25, 0.3) is 0 Å². The molecule has 0 N–H and O–H groups in total. The van der Waals surface area contributed by atoms with Crippen LogP contribution in [0.5, 0.6) is 11.5 Å². The Labute approximate surface area is 168 Å². The molecule has 0 saturated heterocycles. The van der Waals surface area contributed by atoms with Crippen LogP contribution < -0.4 is 9.47 Å². The van der Waals surface area contributed by atoms with Gasteiger partial charge in [-0.25, -0.2) is 0 Å². The summed E-state index contributed by atoms with van der Waals surface area (Å²) in [7, 11) is 5.50. The molecule has 1 aliphatic carbocycles. The van der Waals surface area contributed by atoms with Gasteiger partial charge in [0.1, 0.15) is 11.5 Å². The van der Waals surface area contributed by atoms with Crippen molar-refractivity contribution < 1.29 is 14.3 Å². The number of carbonyl (C=O) groups is 1. The molecule has 2 aromatic carbocycles. The van der Waals surface area contributed by atoms with E-state index < -0.39 is 0 Å². The van der Waals surface area contributed by atoms with Gasteiger partial charge in [-0.1, -0.05) is 18.2 Å². The fourth-order valence-corrected chi connectivity index (χ4v) is 4.05. The molecule has 28 heavy (non-hydrogen) atoms. The van der Waals surface area contributed by atoms with E-state index in [9.17, 15) is 4.79 Å². The lowest BCUT2D eigenvalue weighted by atomic mass is 9.98. The van der Waals surface area contributed by atoms with Gasteiger partial charge in [0.2, 0.25) is 0 Å². The highest BCUT2D eigenvalue weighted by Crippen LogP contribution is 2.31. The van der Waals surface area contributed by atoms with Gasteiger partial charge >= 0.3 is 0 Å². The van der Waals surface area contributed by atoms with E-state index in [-0.39, 0.29) is 5.92 Å². The van der Waals surface area contributed by atoms with Crippen LogP contribution in [0.15, 0.2) is 36.4 Å². The molecule has 150 valence electrons. The number of hydrogen-bond acceptors (Lipinski definition) is 4. The van der Waals surface area contributed by atoms with Crippen LogP contribution in [0.1, 0.15) is 39.9 Å². The molecule has 1 atom stereocenters. The molecule has 0 amide bonds. The number of likely N-dealkylation sites (N-methyl/N-ethyl adjacent to an activating group) is 1. The number of Topliss-reactive ketones (excluding diaryl/α,β-unsaturated/α-hetero) is 1. The first-order valence-corrected chi connectivity index (χ1v) is 10.0. The second kappa shape index (κ2) is 9.24. The Kier molecular flexibility index (Phi) is 6.74. The van der Waals surface area contributed by atoms with E-state index in [4.69, 9.17) is 9.47 Å². The molecule has 1 unspecified atom stereocenters. The summed E-state index contributed by atoms with van der Waals surface area (Å²) in [6, 6.07) is 12.1. The maximum absolute atomic E-state index is 12.6. The standard InChI is InChI=1S/C24H31NO3/c1-17-7-5-9-22-23(17)15-19(24(22)26)8-6-11-25(2)12-10-18-13-20(27-3)16-21(14-18)28-4/h5,7,9,13-14,16,19H,6,8,10-12,15H2,1-4H3. The lowest BCUT2D eigenvalue weighted by Crippen LogP contribution is -2.23. The molecule has 1 aliphatic rings. The van der Waals surface area contributed by atoms with Gasteiger partial charge < -0.3 is 14.4 Å². The average molecular weight is 382 g/mol. The summed E-state index contributed by atoms with van der Waals surface area (Å²) in [5.41, 5.74) is 4.67. The largest absolute Gasteiger partial charge is 0.497 e. The first kappa shape index (κ1) is 20.4. The molecular formula is C24H31NO3. The van der Waals surface area contributed by atoms with Crippen molar-refractivity contribution in [1.29, 1.82) is 0 Å². The Morgan fingerprint density at radius 1 is 1.07 bits per heavy atom. The first-order valence-electron chi connectivity index (χ1n) is 10.0. The van der Waals surface area contributed by atoms with Crippen LogP contribution in [0.2, 0.25) is 0 Å². The SMILES string of the molecule is COc1cc(CCN(C)CCCC2Cc3c(C)cccc3C2=O)cc(OC)c1. The zero-order chi connectivity index (χ0) is 20.1. The Morgan fingerprint density at radius 3 is 2.43 bits per heavy atom. The maximum Gasteiger partial charge on any atom is 0.166 e. The lowest BCUT2D eigenvalue weighted by Gasteiger charge is -2.18. The first-order chi connectivity index (χ1) is 13.5. The molecule has 0 heterocycles. The smallest absolute Gasteiger partial charge is 0.166 e. The Morgan fingerprint density at radius 2 is 1.79 bits per heavy atom. The second-order valence-corrected chi connectivity index (χ2v) is 7.78. The average Bonchev–Trinajstić information content (AvgIpc) is 3.03. The summed E-state index contributed by atoms with van der Waals surface area (Å²) in [5.74, 6) is 2.15. The molecule has 0 bridgehead atoms. The predicted octanol–water partition coefficient (Wildman–Crippen LogP) is 4.32. The zero-order valence-corrected chi connectivity index (χ0v) is 17.5. The van der Waals surface area contributed by atoms with Crippen molar-refractivity contribution in [3.8, 4) is 11.5 Å². The number of ether oxygens (including phenoxy) is 2. The zero-order valence-electron chi connectivity index (χ0n) is 17.5. The molecule has 2 aromatic rings. The number of benzene rings is 2. The van der Waals surface area contributed by atoms with Crippen molar-refractivity contribution in [3.63, 3.8) is 0 Å². The van der Waals surface area contributed by atoms with Gasteiger partial charge in [0, 0.05) is 24.1 Å². The third kappa shape index (κ3) is 4.74. The van der Waals surface area contributed by atoms with E-state index in [1.165, 1.54) is 16.7 Å². The molecule has 0 aliphatic heterocycles. The summed E-state index contributed by atoms with van der Waals surface area (Å²) in [4.78, 5) is 15.0. The van der Waals surface area contributed by atoms with E-state index in [0.29, 0.717) is 5.78 Å². The minimum Gasteiger partial charge on any atom is -0.497 e. The number of aryl methyl sites for hydroxylation is 1. The highest BCUT2D eigenvalue weighted by molar-refractivity contribution is 6.02. The van der Waals surface area contributed by atoms with Crippen LogP contribution in [0, 0.1) is 12.8 Å². The molecule has 3 rings (SSSR count). The van der Waals surface area contributed by atoms with Crippen molar-refractivity contribution in [2.24, 2.45) is 5.92 Å². The minimum absolute atomic E-state index is 0.159. The van der Waals surface area contributed by atoms with Crippen LogP contribution in [-0.2, 0) is 12.8 Å². The molecule has 0 fully saturated rings. The summed E-state index contributed by atoms with van der Waals surface area (Å²) in [5, 5.41) is 0. The van der Waals surface area contributed by atoms with Crippen LogP contribution in [0.25, 0.3) is 0 Å². The highest BCUT2D eigenvalue weighted by atomic mass is 16.5. The fourth-order valence-electron chi connectivity index (χ4n) is 4.05. The Bertz CT molecular complexity index is 808. The van der Waals surface area contributed by atoms with E-state index in [1.807, 2.05) is 18.2 Å². The summed E-state index contributed by atoms with van der Waals surface area (Å²) >= 11 is 0. The van der Waals surface area contributed by atoms with Gasteiger partial charge in [-0.05, 0) is 75.0 Å². The molecule has 4 nitrogen and oxygen atoms in total. The van der Waals surface area contributed by atoms with Crippen molar-refractivity contribution in [1.82, 2.24) is 4.90 Å². The Balaban J connectivity index is 1.45. The normalized spacial score (nSPS) is 15.8. The number of ketones is 1. The molecular weight excluding hydrogens is 350 g/mol. The van der Waals surface area contributed by atoms with Crippen molar-refractivity contribution in [2.75, 3.05) is 34.4 Å². The summed E-state index contributed by atoms with van der Waals surface area (Å²) < 4.78 is 10.7. The van der Waals surface area contributed by atoms with Crippen molar-refractivity contribution in [3.05, 3.63) is 58.7 Å². The summed E-state index contributed by atoms with van der Waals surface area (Å²) in [6.45, 7) is 4.07. The third-order valence-electron chi connectivity index (χ3n) is 5.78. The van der Waals surface area contributed by atoms with E-state index in [0.717, 1.165) is 55.8 Å². The maximum atomic E-state index is 12.6. The molecule has 0 aromatic heterocycles. The number of hydrogen-bond donors (Lipinski definition) is 0. The van der Waals surface area contributed by atoms with Gasteiger partial charge in [0.05, 0.1) is 14.2 Å². The second-order valence-electron chi connectivity index (χ2n) is 7.78. The number of fused-ring (bicyclic) bond motifs is 1. The quantitative estimate of drug-likeness (QED) is 0.648. The van der Waals surface area contributed by atoms with Gasteiger partial charge in [-0.3, -0.25) is 4.79 Å². The highest BCUT2D eigenvalue weighted by Gasteiger charge is 2.30. The number of carbonyl (C=O) groups excluding carboxylic acids is 1. The number of methoxy groups -OCH3 is 2. The van der Waals surface area contributed by atoms with Gasteiger partial charge in [-0.2, -0.15) is 0 Å².